The molecule has 4 heterocycles. The molecule has 0 aromatic rings. The van der Waals surface area contributed by atoms with E-state index in [0.717, 1.165) is 0 Å². The van der Waals surface area contributed by atoms with E-state index in [0.29, 0.717) is 6.42 Å². The van der Waals surface area contributed by atoms with Gasteiger partial charge in [-0.2, -0.15) is 0 Å². The molecule has 17 nitrogen and oxygen atoms in total. The van der Waals surface area contributed by atoms with Gasteiger partial charge in [-0.3, -0.25) is 19.2 Å². The summed E-state index contributed by atoms with van der Waals surface area (Å²) >= 11 is 0. The fraction of sp³-hybridized carbons (Fsp3) is 0.884. The number of hydrogen-bond donors (Lipinski definition) is 1. The van der Waals surface area contributed by atoms with Crippen LogP contribution < -0.4 is 5.32 Å². The summed E-state index contributed by atoms with van der Waals surface area (Å²) in [6.07, 6.45) is -7.40. The number of ether oxygens (including phenoxy) is 10. The molecule has 0 aromatic heterocycles. The van der Waals surface area contributed by atoms with Crippen molar-refractivity contribution >= 4 is 29.8 Å². The predicted molar refractivity (Wildman–Crippen MR) is 215 cm³/mol. The van der Waals surface area contributed by atoms with E-state index in [2.05, 4.69) is 5.32 Å². The molecule has 344 valence electrons. The van der Waals surface area contributed by atoms with Gasteiger partial charge in [-0.1, -0.05) is 27.7 Å². The molecule has 60 heavy (non-hydrogen) atoms. The number of ketones is 1. The maximum absolute atomic E-state index is 14.6. The third-order valence-corrected chi connectivity index (χ3v) is 13.4. The average Bonchev–Trinajstić information content (AvgIpc) is 3.48. The number of Topliss-reactive ketones (excluding diaryl/α,β-unsaturated/α-hetero) is 1. The van der Waals surface area contributed by atoms with Crippen molar-refractivity contribution in [2.45, 2.75) is 193 Å². The van der Waals surface area contributed by atoms with Crippen molar-refractivity contribution in [2.75, 3.05) is 28.3 Å². The topological polar surface area (TPSA) is 193 Å². The van der Waals surface area contributed by atoms with Gasteiger partial charge >= 0.3 is 24.0 Å². The number of amides is 1. The molecule has 18 atom stereocenters. The van der Waals surface area contributed by atoms with Crippen molar-refractivity contribution < 1.29 is 71.3 Å². The molecule has 0 spiro atoms. The summed E-state index contributed by atoms with van der Waals surface area (Å²) in [6.45, 7) is 20.5. The van der Waals surface area contributed by atoms with Crippen LogP contribution in [0.1, 0.15) is 109 Å². The van der Waals surface area contributed by atoms with Crippen LogP contribution in [0.3, 0.4) is 0 Å². The van der Waals surface area contributed by atoms with Gasteiger partial charge in [0, 0.05) is 52.2 Å². The number of alkyl carbamates (subject to hydrolysis) is 1. The maximum atomic E-state index is 14.6. The highest BCUT2D eigenvalue weighted by Gasteiger charge is 2.58. The molecule has 4 fully saturated rings. The molecule has 4 rings (SSSR count). The quantitative estimate of drug-likeness (QED) is 0.241. The minimum absolute atomic E-state index is 0.106. The maximum Gasteiger partial charge on any atom is 0.408 e. The van der Waals surface area contributed by atoms with Crippen LogP contribution in [0.15, 0.2) is 0 Å². The second kappa shape index (κ2) is 19.6. The van der Waals surface area contributed by atoms with Crippen LogP contribution in [0.5, 0.6) is 0 Å². The van der Waals surface area contributed by atoms with E-state index in [1.54, 1.807) is 41.5 Å². The second-order valence-electron chi connectivity index (χ2n) is 18.3. The molecule has 1 N–H and O–H groups in total. The number of nitrogens with one attached hydrogen (secondary N) is 1. The number of methoxy groups -OCH3 is 2. The van der Waals surface area contributed by atoms with Crippen molar-refractivity contribution in [1.82, 2.24) is 10.2 Å². The third kappa shape index (κ3) is 10.5. The summed E-state index contributed by atoms with van der Waals surface area (Å²) in [4.78, 5) is 68.8. The molecule has 0 radical (unpaired) electrons. The zero-order valence-corrected chi connectivity index (χ0v) is 38.6. The number of rotatable bonds is 10. The summed E-state index contributed by atoms with van der Waals surface area (Å²) < 4.78 is 62.9. The van der Waals surface area contributed by atoms with Crippen LogP contribution in [0.4, 0.5) is 4.79 Å². The first kappa shape index (κ1) is 49.7. The zero-order valence-electron chi connectivity index (χ0n) is 38.6. The lowest BCUT2D eigenvalue weighted by molar-refractivity contribution is -0.320. The van der Waals surface area contributed by atoms with Crippen molar-refractivity contribution in [3.05, 3.63) is 0 Å². The van der Waals surface area contributed by atoms with Crippen molar-refractivity contribution in [3.8, 4) is 0 Å². The highest BCUT2D eigenvalue weighted by molar-refractivity contribution is 5.85. The Hall–Kier alpha value is -2.93. The Labute approximate surface area is 355 Å². The number of carbonyl (C=O) groups excluding carboxylic acids is 5. The third-order valence-electron chi connectivity index (χ3n) is 13.4. The molecule has 1 amide bonds. The number of cyclic esters (lactones) is 1. The van der Waals surface area contributed by atoms with E-state index in [9.17, 15) is 24.0 Å². The van der Waals surface area contributed by atoms with Gasteiger partial charge in [0.05, 0.1) is 48.0 Å². The minimum atomic E-state index is -1.39. The van der Waals surface area contributed by atoms with E-state index in [1.165, 1.54) is 28.1 Å². The molecule has 0 aromatic carbocycles. The number of nitrogens with zero attached hydrogens (tertiary/aromatic N) is 1. The predicted octanol–water partition coefficient (Wildman–Crippen LogP) is 4.34. The van der Waals surface area contributed by atoms with Crippen LogP contribution in [0.25, 0.3) is 0 Å². The van der Waals surface area contributed by atoms with Gasteiger partial charge in [0.2, 0.25) is 0 Å². The molecule has 4 aliphatic heterocycles. The summed E-state index contributed by atoms with van der Waals surface area (Å²) in [5.41, 5.74) is -3.72. The standard InChI is InChI=1S/C43H72N2O15/c1-17-30-43(12)35(44-40(50)60-43)23(4)32(48)21(2)19-41(10,51-15)36(59-39-34(55-27(8)46)29(45(13)14)18-22(3)53-39)24(5)33(25(6)38(49)57-30)58-31-20-42(11,52-16)37(26(7)54-31)56-28(9)47/h21-26,29-31,33-37,39H,17-20H2,1-16H3,(H,44,50)/t21-,22-,23-,24+,25-,26+,29+,30+,31+,33+,34-,35-,36-,37+,39+,41+,42-,43-/m1/s1. The van der Waals surface area contributed by atoms with E-state index < -0.39 is 120 Å². The Morgan fingerprint density at radius 2 is 1.42 bits per heavy atom. The van der Waals surface area contributed by atoms with Crippen LogP contribution in [-0.4, -0.2) is 147 Å². The molecule has 17 heteroatoms. The first-order valence-electron chi connectivity index (χ1n) is 21.3. The Balaban J connectivity index is 1.91. The van der Waals surface area contributed by atoms with Crippen molar-refractivity contribution in [3.63, 3.8) is 0 Å². The van der Waals surface area contributed by atoms with Crippen LogP contribution in [0, 0.1) is 23.7 Å². The van der Waals surface area contributed by atoms with Gasteiger partial charge < -0.3 is 57.6 Å². The second-order valence-corrected chi connectivity index (χ2v) is 18.3. The summed E-state index contributed by atoms with van der Waals surface area (Å²) in [5.74, 6) is -5.04. The van der Waals surface area contributed by atoms with Crippen LogP contribution in [0.2, 0.25) is 0 Å². The van der Waals surface area contributed by atoms with Gasteiger partial charge in [0.25, 0.3) is 0 Å². The molecule has 4 saturated heterocycles. The van der Waals surface area contributed by atoms with Crippen LogP contribution in [-0.2, 0) is 66.5 Å². The summed E-state index contributed by atoms with van der Waals surface area (Å²) in [6, 6.07) is -1.12. The normalized spacial score (nSPS) is 44.5. The van der Waals surface area contributed by atoms with Gasteiger partial charge in [0.15, 0.2) is 30.4 Å². The van der Waals surface area contributed by atoms with E-state index in [4.69, 9.17) is 47.4 Å². The van der Waals surface area contributed by atoms with Crippen molar-refractivity contribution in [1.29, 1.82) is 0 Å². The molecular weight excluding hydrogens is 784 g/mol. The van der Waals surface area contributed by atoms with E-state index in [1.807, 2.05) is 46.7 Å². The lowest BCUT2D eigenvalue weighted by atomic mass is 9.73. The molecule has 0 bridgehead atoms. The number of likely N-dealkylation sites (N-methyl/N-ethyl adjacent to an activating group) is 1. The van der Waals surface area contributed by atoms with Crippen molar-refractivity contribution in [2.24, 2.45) is 23.7 Å². The number of esters is 3. The fourth-order valence-corrected chi connectivity index (χ4v) is 10.0. The largest absolute Gasteiger partial charge is 0.458 e. The number of carbonyl (C=O) groups is 5. The Morgan fingerprint density at radius 3 is 1.97 bits per heavy atom. The minimum Gasteiger partial charge on any atom is -0.458 e. The van der Waals surface area contributed by atoms with Gasteiger partial charge in [0.1, 0.15) is 17.5 Å². The smallest absolute Gasteiger partial charge is 0.408 e. The lowest BCUT2D eigenvalue weighted by Gasteiger charge is -2.50. The lowest BCUT2D eigenvalue weighted by Crippen LogP contribution is -2.62. The van der Waals surface area contributed by atoms with Gasteiger partial charge in [-0.15, -0.1) is 0 Å². The average molecular weight is 857 g/mol. The number of hydrogen-bond acceptors (Lipinski definition) is 16. The first-order valence-corrected chi connectivity index (χ1v) is 21.3. The molecular formula is C43H72N2O15. The SMILES string of the molecule is CC[C@@H]1OC(=O)[C@H](C)[C@@H](O[C@H]2C[C@@](C)(OC)[C@@H](OC(C)=O)[C@H](C)O2)[C@H](C)[C@@H](O[C@@H]2O[C@H](C)C[C@H](N(C)C)[C@H]2OC(C)=O)[C@@](C)(OC)C[C@@H](C)C(=O)[C@@H](C)[C@H]2NC(=O)O[C@]12C. The Morgan fingerprint density at radius 1 is 0.817 bits per heavy atom. The van der Waals surface area contributed by atoms with E-state index in [-0.39, 0.29) is 37.2 Å². The zero-order chi connectivity index (χ0) is 45.2. The molecule has 0 saturated carbocycles. The Kier molecular flexibility index (Phi) is 16.3. The monoisotopic (exact) mass is 856 g/mol. The highest BCUT2D eigenvalue weighted by Crippen LogP contribution is 2.43. The molecule has 4 aliphatic rings. The molecule has 0 aliphatic carbocycles. The Bertz CT molecular complexity index is 1550. The number of fused-ring (bicyclic) bond motifs is 1. The van der Waals surface area contributed by atoms with Crippen LogP contribution >= 0.6 is 0 Å². The van der Waals surface area contributed by atoms with Gasteiger partial charge in [-0.25, -0.2) is 4.79 Å². The fourth-order valence-electron chi connectivity index (χ4n) is 10.0. The summed E-state index contributed by atoms with van der Waals surface area (Å²) in [7, 11) is 6.82. The van der Waals surface area contributed by atoms with Gasteiger partial charge in [-0.05, 0) is 74.9 Å². The first-order chi connectivity index (χ1) is 27.9. The van der Waals surface area contributed by atoms with E-state index >= 15 is 0 Å². The summed E-state index contributed by atoms with van der Waals surface area (Å²) in [5, 5.41) is 2.83. The molecule has 0 unspecified atom stereocenters. The highest BCUT2D eigenvalue weighted by atomic mass is 16.7.